The van der Waals surface area contributed by atoms with Crippen LogP contribution in [0.15, 0.2) is 42.6 Å². The first-order valence-corrected chi connectivity index (χ1v) is 4.84. The van der Waals surface area contributed by atoms with Gasteiger partial charge in [-0.2, -0.15) is 0 Å². The predicted octanol–water partition coefficient (Wildman–Crippen LogP) is 0.741. The normalized spacial score (nSPS) is 22.9. The Morgan fingerprint density at radius 2 is 2.00 bits per heavy atom. The van der Waals surface area contributed by atoms with Crippen LogP contribution >= 0.6 is 0 Å². The molecule has 0 aromatic heterocycles. The number of ketones is 1. The van der Waals surface area contributed by atoms with Gasteiger partial charge in [-0.15, -0.1) is 0 Å². The molecule has 1 heterocycles. The zero-order valence-electron chi connectivity index (χ0n) is 8.77. The summed E-state index contributed by atoms with van der Waals surface area (Å²) in [6.07, 6.45) is 2.80. The van der Waals surface area contributed by atoms with Gasteiger partial charge in [0.1, 0.15) is 0 Å². The van der Waals surface area contributed by atoms with Crippen molar-refractivity contribution < 1.29 is 14.3 Å². The molecule has 0 saturated heterocycles. The van der Waals surface area contributed by atoms with Crippen molar-refractivity contribution in [3.8, 4) is 0 Å². The van der Waals surface area contributed by atoms with E-state index in [0.29, 0.717) is 5.56 Å². The number of ether oxygens (including phenoxy) is 1. The Morgan fingerprint density at radius 1 is 1.31 bits per heavy atom. The van der Waals surface area contributed by atoms with Gasteiger partial charge in [-0.05, 0) is 5.56 Å². The summed E-state index contributed by atoms with van der Waals surface area (Å²) in [7, 11) is 1.26. The van der Waals surface area contributed by atoms with Gasteiger partial charge in [0.05, 0.1) is 7.11 Å². The maximum atomic E-state index is 11.8. The molecule has 1 aromatic carbocycles. The van der Waals surface area contributed by atoms with E-state index in [0.717, 1.165) is 0 Å². The van der Waals surface area contributed by atoms with Gasteiger partial charge in [-0.25, -0.2) is 4.79 Å². The monoisotopic (exact) mass is 217 g/mol. The average Bonchev–Trinajstić information content (AvgIpc) is 2.72. The second kappa shape index (κ2) is 3.81. The van der Waals surface area contributed by atoms with Crippen molar-refractivity contribution in [2.24, 2.45) is 0 Å². The predicted molar refractivity (Wildman–Crippen MR) is 57.4 cm³/mol. The van der Waals surface area contributed by atoms with E-state index in [9.17, 15) is 9.59 Å². The average molecular weight is 217 g/mol. The van der Waals surface area contributed by atoms with Crippen LogP contribution in [-0.4, -0.2) is 18.9 Å². The van der Waals surface area contributed by atoms with Crippen molar-refractivity contribution in [2.45, 2.75) is 5.54 Å². The van der Waals surface area contributed by atoms with Gasteiger partial charge in [0.25, 0.3) is 0 Å². The van der Waals surface area contributed by atoms with E-state index < -0.39 is 11.5 Å². The van der Waals surface area contributed by atoms with Gasteiger partial charge in [-0.3, -0.25) is 4.79 Å². The molecule has 0 bridgehead atoms. The largest absolute Gasteiger partial charge is 0.467 e. The number of methoxy groups -OCH3 is 1. The van der Waals surface area contributed by atoms with Crippen LogP contribution in [0.3, 0.4) is 0 Å². The topological polar surface area (TPSA) is 55.4 Å². The lowest BCUT2D eigenvalue weighted by molar-refractivity contribution is -0.151. The molecule has 0 amide bonds. The highest BCUT2D eigenvalue weighted by Crippen LogP contribution is 2.27. The molecule has 1 aliphatic rings. The van der Waals surface area contributed by atoms with Crippen LogP contribution in [0.2, 0.25) is 0 Å². The number of carbonyl (C=O) groups excluding carboxylic acids is 2. The molecule has 4 nitrogen and oxygen atoms in total. The summed E-state index contributed by atoms with van der Waals surface area (Å²) in [5.41, 5.74) is -0.826. The van der Waals surface area contributed by atoms with Crippen LogP contribution in [0.5, 0.6) is 0 Å². The zero-order chi connectivity index (χ0) is 11.6. The van der Waals surface area contributed by atoms with E-state index in [1.165, 1.54) is 19.4 Å². The third-order valence-corrected chi connectivity index (χ3v) is 2.60. The lowest BCUT2D eigenvalue weighted by Gasteiger charge is -2.25. The summed E-state index contributed by atoms with van der Waals surface area (Å²) < 4.78 is 4.70. The standard InChI is InChI=1S/C12H11NO3/c1-16-11(15)12(10(14)7-8-13-12)9-5-3-2-4-6-9/h2-8,13H,1H3. The summed E-state index contributed by atoms with van der Waals surface area (Å²) in [6.45, 7) is 0. The van der Waals surface area contributed by atoms with Crippen molar-refractivity contribution in [2.75, 3.05) is 7.11 Å². The van der Waals surface area contributed by atoms with Gasteiger partial charge in [0.2, 0.25) is 5.54 Å². The molecular formula is C12H11NO3. The molecule has 0 spiro atoms. The SMILES string of the molecule is COC(=O)C1(c2ccccc2)NC=CC1=O. The number of benzene rings is 1. The molecule has 16 heavy (non-hydrogen) atoms. The molecule has 0 fully saturated rings. The Morgan fingerprint density at radius 3 is 2.50 bits per heavy atom. The first-order chi connectivity index (χ1) is 7.71. The van der Waals surface area contributed by atoms with Crippen molar-refractivity contribution in [1.29, 1.82) is 0 Å². The fourth-order valence-corrected chi connectivity index (χ4v) is 1.78. The summed E-state index contributed by atoms with van der Waals surface area (Å²) in [4.78, 5) is 23.6. The second-order valence-electron chi connectivity index (χ2n) is 3.45. The third-order valence-electron chi connectivity index (χ3n) is 2.60. The highest BCUT2D eigenvalue weighted by molar-refractivity contribution is 6.15. The first kappa shape index (κ1) is 10.4. The smallest absolute Gasteiger partial charge is 0.344 e. The van der Waals surface area contributed by atoms with Gasteiger partial charge < -0.3 is 10.1 Å². The minimum absolute atomic E-state index is 0.314. The Hall–Kier alpha value is -2.10. The Labute approximate surface area is 92.9 Å². The van der Waals surface area contributed by atoms with Crippen molar-refractivity contribution in [3.05, 3.63) is 48.2 Å². The summed E-state index contributed by atoms with van der Waals surface area (Å²) in [6, 6.07) is 8.80. The van der Waals surface area contributed by atoms with Crippen molar-refractivity contribution >= 4 is 11.8 Å². The molecule has 1 aliphatic heterocycles. The van der Waals surface area contributed by atoms with E-state index in [-0.39, 0.29) is 5.78 Å². The van der Waals surface area contributed by atoms with Crippen molar-refractivity contribution in [1.82, 2.24) is 5.32 Å². The van der Waals surface area contributed by atoms with Gasteiger partial charge >= 0.3 is 5.97 Å². The molecule has 1 N–H and O–H groups in total. The third kappa shape index (κ3) is 1.31. The number of esters is 1. The highest BCUT2D eigenvalue weighted by Gasteiger charge is 2.49. The van der Waals surface area contributed by atoms with E-state index in [2.05, 4.69) is 5.32 Å². The lowest BCUT2D eigenvalue weighted by Crippen LogP contribution is -2.50. The van der Waals surface area contributed by atoms with Crippen molar-refractivity contribution in [3.63, 3.8) is 0 Å². The lowest BCUT2D eigenvalue weighted by atomic mass is 9.87. The summed E-state index contributed by atoms with van der Waals surface area (Å²) in [5.74, 6) is -0.917. The first-order valence-electron chi connectivity index (χ1n) is 4.84. The molecule has 82 valence electrons. The van der Waals surface area contributed by atoms with Crippen LogP contribution in [-0.2, 0) is 19.9 Å². The van der Waals surface area contributed by atoms with Gasteiger partial charge in [0.15, 0.2) is 5.78 Å². The molecule has 0 aliphatic carbocycles. The Balaban J connectivity index is 2.53. The summed E-state index contributed by atoms with van der Waals surface area (Å²) >= 11 is 0. The molecule has 1 unspecified atom stereocenters. The fourth-order valence-electron chi connectivity index (χ4n) is 1.78. The maximum Gasteiger partial charge on any atom is 0.344 e. The quantitative estimate of drug-likeness (QED) is 0.586. The molecule has 0 saturated carbocycles. The van der Waals surface area contributed by atoms with E-state index >= 15 is 0 Å². The highest BCUT2D eigenvalue weighted by atomic mass is 16.5. The van der Waals surface area contributed by atoms with E-state index in [1.54, 1.807) is 24.3 Å². The van der Waals surface area contributed by atoms with Crippen LogP contribution in [0, 0.1) is 0 Å². The molecule has 4 heteroatoms. The van der Waals surface area contributed by atoms with Gasteiger partial charge in [-0.1, -0.05) is 30.3 Å². The van der Waals surface area contributed by atoms with Crippen LogP contribution in [0.25, 0.3) is 0 Å². The van der Waals surface area contributed by atoms with Gasteiger partial charge in [0, 0.05) is 12.3 Å². The second-order valence-corrected chi connectivity index (χ2v) is 3.45. The van der Waals surface area contributed by atoms with Crippen LogP contribution in [0.4, 0.5) is 0 Å². The number of nitrogens with one attached hydrogen (secondary N) is 1. The number of carbonyl (C=O) groups is 2. The summed E-state index contributed by atoms with van der Waals surface area (Å²) in [5, 5.41) is 2.78. The number of hydrogen-bond donors (Lipinski definition) is 1. The van der Waals surface area contributed by atoms with Crippen LogP contribution < -0.4 is 5.32 Å². The van der Waals surface area contributed by atoms with Crippen LogP contribution in [0.1, 0.15) is 5.56 Å². The molecule has 2 rings (SSSR count). The van der Waals surface area contributed by atoms with E-state index in [4.69, 9.17) is 4.74 Å². The maximum absolute atomic E-state index is 11.8. The van der Waals surface area contributed by atoms with E-state index in [1.807, 2.05) is 6.07 Å². The Bertz CT molecular complexity index is 453. The molecule has 1 aromatic rings. The number of hydrogen-bond acceptors (Lipinski definition) is 4. The molecule has 0 radical (unpaired) electrons. The fraction of sp³-hybridized carbons (Fsp3) is 0.167. The number of rotatable bonds is 2. The minimum atomic E-state index is -1.41. The minimum Gasteiger partial charge on any atom is -0.467 e. The zero-order valence-corrected chi connectivity index (χ0v) is 8.77. The molecule has 1 atom stereocenters. The molecular weight excluding hydrogens is 206 g/mol. The Kier molecular flexibility index (Phi) is 2.48.